The van der Waals surface area contributed by atoms with Gasteiger partial charge in [-0.2, -0.15) is 0 Å². The third kappa shape index (κ3) is 4.59. The van der Waals surface area contributed by atoms with Crippen molar-refractivity contribution in [2.45, 2.75) is 19.4 Å². The minimum absolute atomic E-state index is 0.124. The Bertz CT molecular complexity index is 1410. The highest BCUT2D eigenvalue weighted by Crippen LogP contribution is 2.30. The molecule has 0 atom stereocenters. The Kier molecular flexibility index (Phi) is 6.02. The minimum atomic E-state index is -0.615. The van der Waals surface area contributed by atoms with Crippen LogP contribution in [0, 0.1) is 0 Å². The Hall–Kier alpha value is -4.27. The van der Waals surface area contributed by atoms with E-state index in [2.05, 4.69) is 25.6 Å². The van der Waals surface area contributed by atoms with E-state index in [1.54, 1.807) is 68.6 Å². The van der Waals surface area contributed by atoms with E-state index in [4.69, 9.17) is 0 Å². The van der Waals surface area contributed by atoms with Crippen LogP contribution in [0.4, 0.5) is 17.1 Å². The fourth-order valence-corrected chi connectivity index (χ4v) is 3.68. The molecule has 1 aromatic carbocycles. The number of carbonyl (C=O) groups is 1. The van der Waals surface area contributed by atoms with Gasteiger partial charge in [0.1, 0.15) is 5.69 Å². The van der Waals surface area contributed by atoms with Crippen LogP contribution in [0.5, 0.6) is 0 Å². The summed E-state index contributed by atoms with van der Waals surface area (Å²) >= 11 is 0. The number of nitrogens with zero attached hydrogens (tertiary/aromatic N) is 5. The van der Waals surface area contributed by atoms with Crippen molar-refractivity contribution in [1.29, 1.82) is 0 Å². The molecule has 0 aliphatic heterocycles. The number of anilines is 3. The molecule has 0 fully saturated rings. The van der Waals surface area contributed by atoms with Crippen molar-refractivity contribution in [3.8, 4) is 0 Å². The van der Waals surface area contributed by atoms with Crippen molar-refractivity contribution >= 4 is 33.9 Å². The Morgan fingerprint density at radius 1 is 0.971 bits per heavy atom. The van der Waals surface area contributed by atoms with E-state index in [9.17, 15) is 9.59 Å². The number of carbonyl (C=O) groups excluding carboxylic acids is 1. The zero-order chi connectivity index (χ0) is 24.5. The molecule has 174 valence electrons. The van der Waals surface area contributed by atoms with E-state index < -0.39 is 5.54 Å². The predicted molar refractivity (Wildman–Crippen MR) is 133 cm³/mol. The molecule has 3 heterocycles. The predicted octanol–water partition coefficient (Wildman–Crippen LogP) is 3.52. The van der Waals surface area contributed by atoms with E-state index in [0.717, 1.165) is 22.3 Å². The highest BCUT2D eigenvalue weighted by Gasteiger charge is 2.24. The van der Waals surface area contributed by atoms with Crippen molar-refractivity contribution in [2.75, 3.05) is 24.7 Å². The molecule has 0 bridgehead atoms. The number of amides is 1. The summed E-state index contributed by atoms with van der Waals surface area (Å²) in [5, 5.41) is 7.64. The number of hydrogen-bond donors (Lipinski definition) is 2. The number of hydrogen-bond acceptors (Lipinski definition) is 7. The van der Waals surface area contributed by atoms with Crippen molar-refractivity contribution in [1.82, 2.24) is 24.4 Å². The third-order valence-electron chi connectivity index (χ3n) is 5.49. The molecule has 9 heteroatoms. The summed E-state index contributed by atoms with van der Waals surface area (Å²) < 4.78 is 1.61. The molecule has 0 aliphatic rings. The van der Waals surface area contributed by atoms with Gasteiger partial charge in [0, 0.05) is 68.2 Å². The fourth-order valence-electron chi connectivity index (χ4n) is 3.68. The monoisotopic (exact) mass is 457 g/mol. The van der Waals surface area contributed by atoms with Crippen molar-refractivity contribution < 1.29 is 4.79 Å². The number of aryl methyl sites for hydroxylation is 1. The second-order valence-electron chi connectivity index (χ2n) is 8.76. The first kappa shape index (κ1) is 22.9. The second-order valence-corrected chi connectivity index (χ2v) is 8.76. The van der Waals surface area contributed by atoms with Gasteiger partial charge in [-0.1, -0.05) is 0 Å². The summed E-state index contributed by atoms with van der Waals surface area (Å²) in [6, 6.07) is 12.6. The van der Waals surface area contributed by atoms with Crippen LogP contribution in [-0.2, 0) is 12.6 Å². The van der Waals surface area contributed by atoms with Gasteiger partial charge in [0.2, 0.25) is 0 Å². The van der Waals surface area contributed by atoms with E-state index in [0.29, 0.717) is 17.2 Å². The van der Waals surface area contributed by atoms with Crippen LogP contribution < -0.4 is 16.2 Å². The molecule has 2 N–H and O–H groups in total. The molecule has 9 nitrogen and oxygen atoms in total. The number of fused-ring (bicyclic) bond motifs is 1. The smallest absolute Gasteiger partial charge is 0.272 e. The Labute approximate surface area is 197 Å². The molecule has 0 saturated carbocycles. The normalized spacial score (nSPS) is 11.3. The number of rotatable bonds is 6. The average molecular weight is 458 g/mol. The van der Waals surface area contributed by atoms with E-state index in [1.165, 1.54) is 4.90 Å². The van der Waals surface area contributed by atoms with Gasteiger partial charge in [0.15, 0.2) is 5.82 Å². The first-order chi connectivity index (χ1) is 16.2. The summed E-state index contributed by atoms with van der Waals surface area (Å²) in [5.74, 6) is 0.446. The molecular weight excluding hydrogens is 430 g/mol. The molecule has 0 spiro atoms. The first-order valence-corrected chi connectivity index (χ1v) is 10.8. The first-order valence-electron chi connectivity index (χ1n) is 10.8. The molecule has 0 radical (unpaired) electrons. The number of nitrogens with one attached hydrogen (secondary N) is 2. The van der Waals surface area contributed by atoms with Gasteiger partial charge >= 0.3 is 0 Å². The molecular formula is C25H27N7O2. The lowest BCUT2D eigenvalue weighted by molar-refractivity contribution is 0.0822. The summed E-state index contributed by atoms with van der Waals surface area (Å²) in [5.41, 5.74) is 2.61. The van der Waals surface area contributed by atoms with Crippen LogP contribution in [0.15, 0.2) is 65.8 Å². The maximum absolute atomic E-state index is 12.6. The largest absolute Gasteiger partial charge is 0.372 e. The average Bonchev–Trinajstić information content (AvgIpc) is 2.82. The van der Waals surface area contributed by atoms with Crippen LogP contribution >= 0.6 is 0 Å². The van der Waals surface area contributed by atoms with Crippen molar-refractivity contribution in [2.24, 2.45) is 7.05 Å². The maximum Gasteiger partial charge on any atom is 0.272 e. The van der Waals surface area contributed by atoms with Crippen molar-refractivity contribution in [3.05, 3.63) is 82.9 Å². The van der Waals surface area contributed by atoms with Crippen LogP contribution in [0.2, 0.25) is 0 Å². The Morgan fingerprint density at radius 3 is 2.38 bits per heavy atom. The van der Waals surface area contributed by atoms with E-state index in [1.807, 2.05) is 32.0 Å². The Balaban J connectivity index is 1.73. The van der Waals surface area contributed by atoms with Gasteiger partial charge in [0.05, 0.1) is 11.1 Å². The van der Waals surface area contributed by atoms with Crippen molar-refractivity contribution in [3.63, 3.8) is 0 Å². The summed E-state index contributed by atoms with van der Waals surface area (Å²) in [6.07, 6.45) is 4.99. The van der Waals surface area contributed by atoms with Crippen LogP contribution in [0.1, 0.15) is 30.2 Å². The standard InChI is InChI=1S/C25H27N7O2/c1-25(2,24-27-10-6-11-28-24)30-19-15-22(33)32(5)21-8-7-16(13-18(19)21)29-17-9-12-26-20(14-17)23(34)31(3)4/h6-15,30H,1-5H3,(H,26,29). The van der Waals surface area contributed by atoms with Gasteiger partial charge in [-0.3, -0.25) is 14.6 Å². The van der Waals surface area contributed by atoms with Gasteiger partial charge in [0.25, 0.3) is 11.5 Å². The zero-order valence-corrected chi connectivity index (χ0v) is 19.8. The minimum Gasteiger partial charge on any atom is -0.372 e. The van der Waals surface area contributed by atoms with E-state index >= 15 is 0 Å². The highest BCUT2D eigenvalue weighted by molar-refractivity contribution is 5.95. The lowest BCUT2D eigenvalue weighted by atomic mass is 10.0. The Morgan fingerprint density at radius 2 is 1.68 bits per heavy atom. The lowest BCUT2D eigenvalue weighted by Gasteiger charge is -2.27. The highest BCUT2D eigenvalue weighted by atomic mass is 16.2. The molecule has 0 aliphatic carbocycles. The molecule has 3 aromatic heterocycles. The molecule has 0 unspecified atom stereocenters. The summed E-state index contributed by atoms with van der Waals surface area (Å²) in [4.78, 5) is 39.3. The van der Waals surface area contributed by atoms with Crippen LogP contribution in [0.3, 0.4) is 0 Å². The molecule has 4 rings (SSSR count). The SMILES string of the molecule is CN(C)C(=O)c1cc(Nc2ccc3c(c2)c(NC(C)(C)c2ncccn2)cc(=O)n3C)ccn1. The molecule has 1 amide bonds. The lowest BCUT2D eigenvalue weighted by Crippen LogP contribution is -2.31. The number of benzene rings is 1. The number of aromatic nitrogens is 4. The number of pyridine rings is 2. The second kappa shape index (κ2) is 8.93. The summed E-state index contributed by atoms with van der Waals surface area (Å²) in [7, 11) is 5.12. The van der Waals surface area contributed by atoms with Gasteiger partial charge in [-0.15, -0.1) is 0 Å². The quantitative estimate of drug-likeness (QED) is 0.456. The third-order valence-corrected chi connectivity index (χ3v) is 5.49. The van der Waals surface area contributed by atoms with Gasteiger partial charge in [-0.25, -0.2) is 9.97 Å². The maximum atomic E-state index is 12.6. The fraction of sp³-hybridized carbons (Fsp3) is 0.240. The topological polar surface area (TPSA) is 105 Å². The van der Waals surface area contributed by atoms with Crippen LogP contribution in [0.25, 0.3) is 10.9 Å². The molecule has 0 saturated heterocycles. The van der Waals surface area contributed by atoms with Crippen LogP contribution in [-0.4, -0.2) is 44.4 Å². The zero-order valence-electron chi connectivity index (χ0n) is 19.8. The van der Waals surface area contributed by atoms with Gasteiger partial charge < -0.3 is 20.1 Å². The van der Waals surface area contributed by atoms with E-state index in [-0.39, 0.29) is 11.5 Å². The van der Waals surface area contributed by atoms with Gasteiger partial charge in [-0.05, 0) is 50.2 Å². The summed E-state index contributed by atoms with van der Waals surface area (Å²) in [6.45, 7) is 3.93. The molecule has 4 aromatic rings. The molecule has 34 heavy (non-hydrogen) atoms.